The second-order valence-electron chi connectivity index (χ2n) is 8.16. The third-order valence-electron chi connectivity index (χ3n) is 5.67. The summed E-state index contributed by atoms with van der Waals surface area (Å²) in [4.78, 5) is 32.5. The van der Waals surface area contributed by atoms with Crippen molar-refractivity contribution in [1.29, 1.82) is 0 Å². The Hall–Kier alpha value is -3.12. The molecule has 10 heteroatoms. The number of rotatable bonds is 8. The van der Waals surface area contributed by atoms with Gasteiger partial charge in [-0.05, 0) is 95.2 Å². The fourth-order valence-electron chi connectivity index (χ4n) is 3.72. The largest absolute Gasteiger partial charge is 0.493 e. The molecule has 1 aliphatic heterocycles. The summed E-state index contributed by atoms with van der Waals surface area (Å²) in [5.41, 5.74) is 2.10. The molecule has 0 bridgehead atoms. The molecule has 0 aromatic heterocycles. The highest BCUT2D eigenvalue weighted by atomic mass is 127. The van der Waals surface area contributed by atoms with Gasteiger partial charge in [0.2, 0.25) is 11.8 Å². The van der Waals surface area contributed by atoms with Crippen LogP contribution in [0.4, 0.5) is 15.8 Å². The summed E-state index contributed by atoms with van der Waals surface area (Å²) in [7, 11) is 3.14. The van der Waals surface area contributed by atoms with Crippen molar-refractivity contribution in [3.63, 3.8) is 0 Å². The summed E-state index contributed by atoms with van der Waals surface area (Å²) in [6.07, 6.45) is 0.573. The highest BCUT2D eigenvalue weighted by Gasteiger charge is 2.35. The van der Waals surface area contributed by atoms with Gasteiger partial charge < -0.3 is 14.8 Å². The zero-order valence-electron chi connectivity index (χ0n) is 20.2. The van der Waals surface area contributed by atoms with E-state index in [1.54, 1.807) is 19.1 Å². The first kappa shape index (κ1) is 26.9. The second-order valence-corrected chi connectivity index (χ2v) is 10.6. The molecule has 4 rings (SSSR count). The maximum absolute atomic E-state index is 13.4. The first-order valence-electron chi connectivity index (χ1n) is 11.4. The highest BCUT2D eigenvalue weighted by Crippen LogP contribution is 2.31. The number of hydrogen-bond acceptors (Lipinski definition) is 6. The van der Waals surface area contributed by atoms with E-state index in [1.165, 1.54) is 36.0 Å². The van der Waals surface area contributed by atoms with E-state index in [0.717, 1.165) is 9.13 Å². The molecule has 1 N–H and O–H groups in total. The summed E-state index contributed by atoms with van der Waals surface area (Å²) < 4.78 is 25.2. The van der Waals surface area contributed by atoms with Crippen LogP contribution in [-0.4, -0.2) is 47.9 Å². The number of amidine groups is 1. The predicted molar refractivity (Wildman–Crippen MR) is 152 cm³/mol. The lowest BCUT2D eigenvalue weighted by atomic mass is 10.1. The number of thioether (sulfide) groups is 1. The first-order chi connectivity index (χ1) is 17.9. The topological polar surface area (TPSA) is 80.2 Å². The number of hydrogen-bond donors (Lipinski definition) is 1. The molecule has 0 radical (unpaired) electrons. The number of nitrogens with one attached hydrogen (secondary N) is 1. The number of anilines is 1. The fourth-order valence-corrected chi connectivity index (χ4v) is 5.20. The van der Waals surface area contributed by atoms with Gasteiger partial charge in [0, 0.05) is 22.2 Å². The Morgan fingerprint density at radius 2 is 1.78 bits per heavy atom. The van der Waals surface area contributed by atoms with Crippen LogP contribution in [0.1, 0.15) is 12.0 Å². The third kappa shape index (κ3) is 7.01. The van der Waals surface area contributed by atoms with Gasteiger partial charge in [0.05, 0.1) is 19.9 Å². The number of aliphatic imine (C=N–C) groups is 1. The lowest BCUT2D eigenvalue weighted by Crippen LogP contribution is -2.46. The van der Waals surface area contributed by atoms with Gasteiger partial charge in [-0.25, -0.2) is 9.38 Å². The molecule has 3 aromatic rings. The van der Waals surface area contributed by atoms with Crippen molar-refractivity contribution in [2.45, 2.75) is 18.1 Å². The van der Waals surface area contributed by atoms with Gasteiger partial charge in [0.25, 0.3) is 0 Å². The predicted octanol–water partition coefficient (Wildman–Crippen LogP) is 5.65. The molecule has 1 atom stereocenters. The molecule has 2 amide bonds. The summed E-state index contributed by atoms with van der Waals surface area (Å²) in [5, 5.41) is 2.63. The maximum Gasteiger partial charge on any atom is 0.238 e. The Morgan fingerprint density at radius 3 is 2.46 bits per heavy atom. The number of benzene rings is 3. The van der Waals surface area contributed by atoms with Crippen LogP contribution in [0.2, 0.25) is 0 Å². The molecule has 1 saturated heterocycles. The molecule has 1 aliphatic rings. The van der Waals surface area contributed by atoms with Gasteiger partial charge >= 0.3 is 0 Å². The van der Waals surface area contributed by atoms with Gasteiger partial charge in [0.15, 0.2) is 16.7 Å². The fraction of sp³-hybridized carbons (Fsp3) is 0.222. The summed E-state index contributed by atoms with van der Waals surface area (Å²) in [5.74, 6) is 0.369. The SMILES string of the molecule is COc1ccc(CCN2C(=O)CC(C(=O)Nc3ccc(I)cc3)SC2=Nc2ccc(F)cc2)cc1OC. The van der Waals surface area contributed by atoms with Crippen molar-refractivity contribution in [3.8, 4) is 11.5 Å². The number of nitrogens with zero attached hydrogens (tertiary/aromatic N) is 2. The zero-order chi connectivity index (χ0) is 26.4. The molecule has 1 unspecified atom stereocenters. The normalized spacial score (nSPS) is 16.5. The lowest BCUT2D eigenvalue weighted by Gasteiger charge is -2.32. The zero-order valence-corrected chi connectivity index (χ0v) is 23.2. The van der Waals surface area contributed by atoms with Gasteiger partial charge in [-0.1, -0.05) is 17.8 Å². The number of amides is 2. The Kier molecular flexibility index (Phi) is 9.04. The van der Waals surface area contributed by atoms with Gasteiger partial charge in [-0.2, -0.15) is 0 Å². The number of carbonyl (C=O) groups is 2. The Balaban J connectivity index is 1.55. The molecular formula is C27H25FIN3O4S. The smallest absolute Gasteiger partial charge is 0.238 e. The van der Waals surface area contributed by atoms with E-state index in [-0.39, 0.29) is 24.1 Å². The molecule has 1 fully saturated rings. The second kappa shape index (κ2) is 12.4. The van der Waals surface area contributed by atoms with Crippen molar-refractivity contribution in [2.24, 2.45) is 4.99 Å². The molecule has 0 spiro atoms. The lowest BCUT2D eigenvalue weighted by molar-refractivity contribution is -0.129. The highest BCUT2D eigenvalue weighted by molar-refractivity contribution is 14.1. The van der Waals surface area contributed by atoms with Crippen LogP contribution in [0.5, 0.6) is 11.5 Å². The average molecular weight is 633 g/mol. The number of ether oxygens (including phenoxy) is 2. The summed E-state index contributed by atoms with van der Waals surface area (Å²) in [6.45, 7) is 0.354. The van der Waals surface area contributed by atoms with Crippen LogP contribution < -0.4 is 14.8 Å². The molecule has 192 valence electrons. The van der Waals surface area contributed by atoms with Crippen molar-refractivity contribution in [2.75, 3.05) is 26.1 Å². The van der Waals surface area contributed by atoms with E-state index in [4.69, 9.17) is 9.47 Å². The van der Waals surface area contributed by atoms with E-state index in [2.05, 4.69) is 32.9 Å². The van der Waals surface area contributed by atoms with E-state index in [1.807, 2.05) is 42.5 Å². The number of methoxy groups -OCH3 is 2. The quantitative estimate of drug-likeness (QED) is 0.325. The van der Waals surface area contributed by atoms with Gasteiger partial charge in [-0.3, -0.25) is 14.5 Å². The van der Waals surface area contributed by atoms with Gasteiger partial charge in [0.1, 0.15) is 11.1 Å². The van der Waals surface area contributed by atoms with Crippen LogP contribution in [-0.2, 0) is 16.0 Å². The number of carbonyl (C=O) groups excluding carboxylic acids is 2. The van der Waals surface area contributed by atoms with Crippen LogP contribution in [0, 0.1) is 9.39 Å². The van der Waals surface area contributed by atoms with E-state index < -0.39 is 5.25 Å². The molecule has 37 heavy (non-hydrogen) atoms. The summed E-state index contributed by atoms with van der Waals surface area (Å²) >= 11 is 3.42. The minimum absolute atomic E-state index is 0.0369. The minimum atomic E-state index is -0.650. The Bertz CT molecular complexity index is 1300. The van der Waals surface area contributed by atoms with Crippen LogP contribution in [0.25, 0.3) is 0 Å². The van der Waals surface area contributed by atoms with Crippen LogP contribution in [0.3, 0.4) is 0 Å². The van der Waals surface area contributed by atoms with Crippen molar-refractivity contribution in [1.82, 2.24) is 4.90 Å². The van der Waals surface area contributed by atoms with Gasteiger partial charge in [-0.15, -0.1) is 0 Å². The van der Waals surface area contributed by atoms with Crippen molar-refractivity contribution < 1.29 is 23.5 Å². The molecule has 1 heterocycles. The van der Waals surface area contributed by atoms with E-state index >= 15 is 0 Å². The van der Waals surface area contributed by atoms with E-state index in [0.29, 0.717) is 41.0 Å². The molecule has 7 nitrogen and oxygen atoms in total. The monoisotopic (exact) mass is 633 g/mol. The Labute approximate surface area is 232 Å². The molecule has 0 aliphatic carbocycles. The van der Waals surface area contributed by atoms with Crippen molar-refractivity contribution in [3.05, 3.63) is 81.7 Å². The molecule has 3 aromatic carbocycles. The number of halogens is 2. The van der Waals surface area contributed by atoms with Crippen LogP contribution >= 0.6 is 34.4 Å². The summed E-state index contributed by atoms with van der Waals surface area (Å²) in [6, 6.07) is 18.7. The third-order valence-corrected chi connectivity index (χ3v) is 7.57. The first-order valence-corrected chi connectivity index (χ1v) is 13.4. The van der Waals surface area contributed by atoms with Crippen LogP contribution in [0.15, 0.2) is 71.7 Å². The molecule has 0 saturated carbocycles. The van der Waals surface area contributed by atoms with Crippen molar-refractivity contribution >= 4 is 62.7 Å². The molecular weight excluding hydrogens is 608 g/mol. The minimum Gasteiger partial charge on any atom is -0.493 e. The average Bonchev–Trinajstić information content (AvgIpc) is 2.90. The standard InChI is InChI=1S/C27H25FIN3O4S/c1-35-22-12-3-17(15-23(22)36-2)13-14-32-25(33)16-24(26(34)30-20-10-6-19(29)7-11-20)37-27(32)31-21-8-4-18(28)5-9-21/h3-12,15,24H,13-14,16H2,1-2H3,(H,30,34). The maximum atomic E-state index is 13.4. The Morgan fingerprint density at radius 1 is 1.08 bits per heavy atom. The van der Waals surface area contributed by atoms with E-state index in [9.17, 15) is 14.0 Å².